The van der Waals surface area contributed by atoms with Crippen molar-refractivity contribution in [2.24, 2.45) is 5.73 Å². The molecule has 8 heteroatoms. The number of amides is 1. The molecule has 2 rings (SSSR count). The molecular formula is C12H21N7O. The van der Waals surface area contributed by atoms with E-state index >= 15 is 0 Å². The number of nitrogens with zero attached hydrogens (tertiary/aromatic N) is 5. The van der Waals surface area contributed by atoms with Crippen LogP contribution in [0.2, 0.25) is 0 Å². The van der Waals surface area contributed by atoms with Gasteiger partial charge in [0.05, 0.1) is 6.54 Å². The van der Waals surface area contributed by atoms with Crippen LogP contribution in [-0.4, -0.2) is 54.1 Å². The summed E-state index contributed by atoms with van der Waals surface area (Å²) in [7, 11) is 1.76. The van der Waals surface area contributed by atoms with Crippen molar-refractivity contribution >= 4 is 23.8 Å². The largest absolute Gasteiger partial charge is 0.368 e. The quantitative estimate of drug-likeness (QED) is 0.745. The molecule has 1 fully saturated rings. The van der Waals surface area contributed by atoms with E-state index in [2.05, 4.69) is 25.2 Å². The first-order chi connectivity index (χ1) is 9.63. The van der Waals surface area contributed by atoms with Crippen LogP contribution in [0.5, 0.6) is 0 Å². The Morgan fingerprint density at radius 2 is 2.05 bits per heavy atom. The molecule has 1 aliphatic rings. The minimum atomic E-state index is -0.402. The van der Waals surface area contributed by atoms with Crippen molar-refractivity contribution in [1.29, 1.82) is 0 Å². The van der Waals surface area contributed by atoms with Crippen molar-refractivity contribution in [2.45, 2.75) is 19.8 Å². The number of carbonyl (C=O) groups is 1. The number of rotatable bonds is 6. The van der Waals surface area contributed by atoms with Gasteiger partial charge in [-0.1, -0.05) is 0 Å². The molecule has 0 atom stereocenters. The second-order valence-corrected chi connectivity index (χ2v) is 4.68. The van der Waals surface area contributed by atoms with E-state index in [0.717, 1.165) is 25.9 Å². The van der Waals surface area contributed by atoms with Crippen LogP contribution in [0.25, 0.3) is 0 Å². The molecule has 20 heavy (non-hydrogen) atoms. The molecule has 1 saturated heterocycles. The molecule has 0 spiro atoms. The Hall–Kier alpha value is -2.12. The number of likely N-dealkylation sites (N-methyl/N-ethyl adjacent to an activating group) is 1. The van der Waals surface area contributed by atoms with Crippen molar-refractivity contribution in [2.75, 3.05) is 48.3 Å². The van der Waals surface area contributed by atoms with Gasteiger partial charge < -0.3 is 20.9 Å². The summed E-state index contributed by atoms with van der Waals surface area (Å²) in [5.74, 6) is 1.23. The van der Waals surface area contributed by atoms with Gasteiger partial charge in [0.15, 0.2) is 0 Å². The third kappa shape index (κ3) is 3.25. The highest BCUT2D eigenvalue weighted by Gasteiger charge is 2.19. The van der Waals surface area contributed by atoms with Crippen LogP contribution < -0.4 is 20.9 Å². The lowest BCUT2D eigenvalue weighted by molar-refractivity contribution is -0.116. The van der Waals surface area contributed by atoms with E-state index in [-0.39, 0.29) is 6.54 Å². The predicted octanol–water partition coefficient (Wildman–Crippen LogP) is -0.175. The van der Waals surface area contributed by atoms with Crippen molar-refractivity contribution in [1.82, 2.24) is 15.0 Å². The number of primary amides is 1. The number of nitrogens with two attached hydrogens (primary N) is 1. The third-order valence-corrected chi connectivity index (χ3v) is 3.24. The molecule has 0 aliphatic carbocycles. The highest BCUT2D eigenvalue weighted by Crippen LogP contribution is 2.20. The number of hydrogen-bond donors (Lipinski definition) is 2. The zero-order valence-electron chi connectivity index (χ0n) is 12.0. The Bertz CT molecular complexity index is 473. The van der Waals surface area contributed by atoms with Gasteiger partial charge in [-0.15, -0.1) is 0 Å². The van der Waals surface area contributed by atoms with Crippen LogP contribution in [0.1, 0.15) is 19.8 Å². The molecule has 0 aromatic carbocycles. The van der Waals surface area contributed by atoms with Gasteiger partial charge in [-0.05, 0) is 19.8 Å². The van der Waals surface area contributed by atoms with Gasteiger partial charge >= 0.3 is 0 Å². The summed E-state index contributed by atoms with van der Waals surface area (Å²) in [6.45, 7) is 4.54. The average Bonchev–Trinajstić information content (AvgIpc) is 2.98. The van der Waals surface area contributed by atoms with Crippen LogP contribution in [-0.2, 0) is 4.79 Å². The lowest BCUT2D eigenvalue weighted by Gasteiger charge is -2.22. The molecular weight excluding hydrogens is 258 g/mol. The van der Waals surface area contributed by atoms with E-state index in [1.54, 1.807) is 11.9 Å². The average molecular weight is 279 g/mol. The molecule has 0 bridgehead atoms. The minimum absolute atomic E-state index is 0.100. The minimum Gasteiger partial charge on any atom is -0.368 e. The van der Waals surface area contributed by atoms with Gasteiger partial charge in [-0.2, -0.15) is 15.0 Å². The standard InChI is InChI=1S/C12H21N7O/c1-3-18(8-9(13)20)11-15-10(14-2)16-12(17-11)19-6-4-5-7-19/h3-8H2,1-2H3,(H2,13,20)(H,14,15,16,17). The zero-order chi connectivity index (χ0) is 14.5. The summed E-state index contributed by atoms with van der Waals surface area (Å²) in [6, 6.07) is 0. The smallest absolute Gasteiger partial charge is 0.237 e. The van der Waals surface area contributed by atoms with Crippen molar-refractivity contribution < 1.29 is 4.79 Å². The van der Waals surface area contributed by atoms with Crippen LogP contribution in [0.4, 0.5) is 17.8 Å². The second-order valence-electron chi connectivity index (χ2n) is 4.68. The molecule has 1 amide bonds. The Morgan fingerprint density at radius 1 is 1.35 bits per heavy atom. The SMILES string of the molecule is CCN(CC(N)=O)c1nc(NC)nc(N2CCCC2)n1. The maximum Gasteiger partial charge on any atom is 0.237 e. The molecule has 1 aromatic heterocycles. The molecule has 0 radical (unpaired) electrons. The van der Waals surface area contributed by atoms with E-state index in [0.29, 0.717) is 24.4 Å². The molecule has 3 N–H and O–H groups in total. The van der Waals surface area contributed by atoms with Crippen molar-refractivity contribution in [3.05, 3.63) is 0 Å². The summed E-state index contributed by atoms with van der Waals surface area (Å²) >= 11 is 0. The van der Waals surface area contributed by atoms with Crippen LogP contribution in [0.15, 0.2) is 0 Å². The van der Waals surface area contributed by atoms with Crippen molar-refractivity contribution in [3.63, 3.8) is 0 Å². The molecule has 110 valence electrons. The molecule has 0 saturated carbocycles. The lowest BCUT2D eigenvalue weighted by atomic mass is 10.4. The molecule has 1 aliphatic heterocycles. The first-order valence-electron chi connectivity index (χ1n) is 6.86. The highest BCUT2D eigenvalue weighted by atomic mass is 16.1. The fraction of sp³-hybridized carbons (Fsp3) is 0.667. The van der Waals surface area contributed by atoms with E-state index in [4.69, 9.17) is 5.73 Å². The summed E-state index contributed by atoms with van der Waals surface area (Å²) in [5.41, 5.74) is 5.26. The number of aromatic nitrogens is 3. The van der Waals surface area contributed by atoms with Gasteiger partial charge in [0.2, 0.25) is 23.8 Å². The topological polar surface area (TPSA) is 100 Å². The van der Waals surface area contributed by atoms with E-state index in [9.17, 15) is 4.79 Å². The predicted molar refractivity (Wildman–Crippen MR) is 77.9 cm³/mol. The first kappa shape index (κ1) is 14.3. The van der Waals surface area contributed by atoms with E-state index in [1.165, 1.54) is 0 Å². The lowest BCUT2D eigenvalue weighted by Crippen LogP contribution is -2.35. The monoisotopic (exact) mass is 279 g/mol. The van der Waals surface area contributed by atoms with Gasteiger partial charge in [0.25, 0.3) is 0 Å². The highest BCUT2D eigenvalue weighted by molar-refractivity contribution is 5.78. The molecule has 8 nitrogen and oxygen atoms in total. The van der Waals surface area contributed by atoms with Crippen LogP contribution in [0.3, 0.4) is 0 Å². The molecule has 1 aromatic rings. The summed E-state index contributed by atoms with van der Waals surface area (Å²) in [6.07, 6.45) is 2.30. The van der Waals surface area contributed by atoms with Gasteiger partial charge in [0, 0.05) is 26.7 Å². The number of carbonyl (C=O) groups excluding carboxylic acids is 1. The molecule has 2 heterocycles. The van der Waals surface area contributed by atoms with Gasteiger partial charge in [-0.25, -0.2) is 0 Å². The van der Waals surface area contributed by atoms with Crippen LogP contribution >= 0.6 is 0 Å². The summed E-state index contributed by atoms with van der Waals surface area (Å²) in [5, 5.41) is 2.93. The molecule has 0 unspecified atom stereocenters. The van der Waals surface area contributed by atoms with E-state index < -0.39 is 5.91 Å². The fourth-order valence-electron chi connectivity index (χ4n) is 2.18. The van der Waals surface area contributed by atoms with E-state index in [1.807, 2.05) is 6.92 Å². The zero-order valence-corrected chi connectivity index (χ0v) is 12.0. The van der Waals surface area contributed by atoms with Crippen molar-refractivity contribution in [3.8, 4) is 0 Å². The Labute approximate surface area is 118 Å². The first-order valence-corrected chi connectivity index (χ1v) is 6.86. The van der Waals surface area contributed by atoms with Crippen LogP contribution in [0, 0.1) is 0 Å². The number of hydrogen-bond acceptors (Lipinski definition) is 7. The fourth-order valence-corrected chi connectivity index (χ4v) is 2.18. The maximum atomic E-state index is 11.1. The van der Waals surface area contributed by atoms with Gasteiger partial charge in [0.1, 0.15) is 0 Å². The normalized spacial score (nSPS) is 14.4. The summed E-state index contributed by atoms with van der Waals surface area (Å²) < 4.78 is 0. The Kier molecular flexibility index (Phi) is 4.54. The number of nitrogens with one attached hydrogen (secondary N) is 1. The number of anilines is 3. The second kappa shape index (κ2) is 6.36. The van der Waals surface area contributed by atoms with Gasteiger partial charge in [-0.3, -0.25) is 4.79 Å². The maximum absolute atomic E-state index is 11.1. The third-order valence-electron chi connectivity index (χ3n) is 3.24. The Balaban J connectivity index is 2.30. The summed E-state index contributed by atoms with van der Waals surface area (Å²) in [4.78, 5) is 28.1. The Morgan fingerprint density at radius 3 is 2.60 bits per heavy atom.